The van der Waals surface area contributed by atoms with Gasteiger partial charge in [0, 0.05) is 4.47 Å². The van der Waals surface area contributed by atoms with Crippen molar-refractivity contribution in [2.45, 2.75) is 6.92 Å². The Balaban J connectivity index is 2.80. The molecule has 1 N–H and O–H groups in total. The Hall–Kier alpha value is -0.870. The number of hydrogen-bond acceptors (Lipinski definition) is 2. The molecule has 0 aliphatic carbocycles. The number of carbonyl (C=O) groups excluding carboxylic acids is 2. The van der Waals surface area contributed by atoms with Gasteiger partial charge in [-0.3, -0.25) is 9.59 Å². The van der Waals surface area contributed by atoms with Gasteiger partial charge in [0.1, 0.15) is 0 Å². The molecule has 0 spiro atoms. The number of hydrogen-bond donors (Lipinski definition) is 1. The highest BCUT2D eigenvalue weighted by atomic mass is 79.9. The molecule has 2 rings (SSSR count). The number of amides is 1. The van der Waals surface area contributed by atoms with E-state index in [0.717, 1.165) is 10.0 Å². The van der Waals surface area contributed by atoms with Crippen LogP contribution in [0.15, 0.2) is 10.5 Å². The molecule has 5 heteroatoms. The van der Waals surface area contributed by atoms with Gasteiger partial charge in [0.15, 0.2) is 0 Å². The zero-order chi connectivity index (χ0) is 10.5. The van der Waals surface area contributed by atoms with E-state index in [1.165, 1.54) is 0 Å². The van der Waals surface area contributed by atoms with E-state index in [1.807, 2.05) is 0 Å². The summed E-state index contributed by atoms with van der Waals surface area (Å²) >= 11 is 9.15. The minimum absolute atomic E-state index is 0.370. The smallest absolute Gasteiger partial charge is 0.296 e. The Bertz CT molecular complexity index is 470. The van der Waals surface area contributed by atoms with Crippen molar-refractivity contribution in [1.29, 1.82) is 0 Å². The molecule has 14 heavy (non-hydrogen) atoms. The van der Waals surface area contributed by atoms with E-state index in [0.29, 0.717) is 16.3 Å². The molecule has 0 atom stereocenters. The largest absolute Gasteiger partial charge is 0.317 e. The number of nitrogens with one attached hydrogen (secondary N) is 1. The highest BCUT2D eigenvalue weighted by Crippen LogP contribution is 2.37. The number of rotatable bonds is 0. The Kier molecular flexibility index (Phi) is 2.12. The molecular formula is C9H5BrClNO2. The lowest BCUT2D eigenvalue weighted by molar-refractivity contribution is -0.112. The average Bonchev–Trinajstić information content (AvgIpc) is 2.41. The summed E-state index contributed by atoms with van der Waals surface area (Å²) in [6.07, 6.45) is 0. The summed E-state index contributed by atoms with van der Waals surface area (Å²) in [5.41, 5.74) is 1.52. The average molecular weight is 275 g/mol. The molecule has 0 bridgehead atoms. The van der Waals surface area contributed by atoms with Crippen LogP contribution in [0.2, 0.25) is 5.02 Å². The quantitative estimate of drug-likeness (QED) is 0.739. The van der Waals surface area contributed by atoms with Crippen LogP contribution in [0, 0.1) is 6.92 Å². The van der Waals surface area contributed by atoms with Crippen molar-refractivity contribution < 1.29 is 9.59 Å². The first kappa shape index (κ1) is 9.68. The maximum atomic E-state index is 11.4. The summed E-state index contributed by atoms with van der Waals surface area (Å²) in [4.78, 5) is 22.5. The highest BCUT2D eigenvalue weighted by Gasteiger charge is 2.32. The lowest BCUT2D eigenvalue weighted by Crippen LogP contribution is -2.12. The zero-order valence-corrected chi connectivity index (χ0v) is 9.49. The molecular weight excluding hydrogens is 269 g/mol. The van der Waals surface area contributed by atoms with Crippen LogP contribution in [-0.4, -0.2) is 11.7 Å². The van der Waals surface area contributed by atoms with Gasteiger partial charge in [-0.1, -0.05) is 27.5 Å². The standard InChI is InChI=1S/C9H5BrClNO2/c1-3-4(10)2-5(11)7-6(3)8(13)9(14)12-7/h2H,1H3,(H,12,13,14). The molecule has 1 heterocycles. The summed E-state index contributed by atoms with van der Waals surface area (Å²) in [5, 5.41) is 2.81. The van der Waals surface area contributed by atoms with Crippen molar-refractivity contribution in [3.63, 3.8) is 0 Å². The molecule has 0 saturated heterocycles. The van der Waals surface area contributed by atoms with Crippen LogP contribution >= 0.6 is 27.5 Å². The van der Waals surface area contributed by atoms with E-state index in [9.17, 15) is 9.59 Å². The summed E-state index contributed by atoms with van der Waals surface area (Å²) < 4.78 is 0.728. The minimum Gasteiger partial charge on any atom is -0.317 e. The van der Waals surface area contributed by atoms with Crippen molar-refractivity contribution in [2.75, 3.05) is 5.32 Å². The molecule has 1 aromatic carbocycles. The van der Waals surface area contributed by atoms with Crippen LogP contribution in [0.5, 0.6) is 0 Å². The molecule has 72 valence electrons. The van der Waals surface area contributed by atoms with Crippen molar-refractivity contribution >= 4 is 44.9 Å². The van der Waals surface area contributed by atoms with Gasteiger partial charge >= 0.3 is 0 Å². The van der Waals surface area contributed by atoms with Gasteiger partial charge < -0.3 is 5.32 Å². The first-order valence-electron chi connectivity index (χ1n) is 3.86. The maximum Gasteiger partial charge on any atom is 0.296 e. The Morgan fingerprint density at radius 1 is 1.43 bits per heavy atom. The Labute approximate surface area is 93.6 Å². The number of ketones is 1. The third-order valence-corrected chi connectivity index (χ3v) is 3.27. The van der Waals surface area contributed by atoms with Gasteiger partial charge in [0.2, 0.25) is 0 Å². The SMILES string of the molecule is Cc1c(Br)cc(Cl)c2c1C(=O)C(=O)N2. The van der Waals surface area contributed by atoms with Crippen LogP contribution in [0.25, 0.3) is 0 Å². The van der Waals surface area contributed by atoms with E-state index >= 15 is 0 Å². The fraction of sp³-hybridized carbons (Fsp3) is 0.111. The van der Waals surface area contributed by atoms with Gasteiger partial charge in [-0.15, -0.1) is 0 Å². The van der Waals surface area contributed by atoms with E-state index in [1.54, 1.807) is 13.0 Å². The van der Waals surface area contributed by atoms with Crippen molar-refractivity contribution in [1.82, 2.24) is 0 Å². The molecule has 0 unspecified atom stereocenters. The topological polar surface area (TPSA) is 46.2 Å². The molecule has 0 radical (unpaired) electrons. The zero-order valence-electron chi connectivity index (χ0n) is 7.15. The van der Waals surface area contributed by atoms with Crippen LogP contribution in [0.1, 0.15) is 15.9 Å². The number of carbonyl (C=O) groups is 2. The molecule has 1 aromatic rings. The first-order valence-corrected chi connectivity index (χ1v) is 5.03. The maximum absolute atomic E-state index is 11.4. The highest BCUT2D eigenvalue weighted by molar-refractivity contribution is 9.10. The lowest BCUT2D eigenvalue weighted by atomic mass is 10.1. The molecule has 3 nitrogen and oxygen atoms in total. The molecule has 1 amide bonds. The number of anilines is 1. The fourth-order valence-corrected chi connectivity index (χ4v) is 2.22. The minimum atomic E-state index is -0.622. The number of halogens is 2. The van der Waals surface area contributed by atoms with Crippen LogP contribution in [0.3, 0.4) is 0 Å². The van der Waals surface area contributed by atoms with Gasteiger partial charge in [0.25, 0.3) is 11.7 Å². The third-order valence-electron chi connectivity index (χ3n) is 2.15. The predicted molar refractivity (Wildman–Crippen MR) is 56.8 cm³/mol. The van der Waals surface area contributed by atoms with Gasteiger partial charge in [-0.2, -0.15) is 0 Å². The molecule has 1 aliphatic rings. The summed E-state index contributed by atoms with van der Waals surface area (Å²) in [6, 6.07) is 1.66. The fourth-order valence-electron chi connectivity index (χ4n) is 1.41. The molecule has 0 fully saturated rings. The second-order valence-corrected chi connectivity index (χ2v) is 4.26. The molecule has 1 aliphatic heterocycles. The monoisotopic (exact) mass is 273 g/mol. The van der Waals surface area contributed by atoms with E-state index in [-0.39, 0.29) is 0 Å². The number of benzene rings is 1. The van der Waals surface area contributed by atoms with Crippen molar-refractivity contribution in [2.24, 2.45) is 0 Å². The van der Waals surface area contributed by atoms with E-state index in [2.05, 4.69) is 21.2 Å². The van der Waals surface area contributed by atoms with Crippen molar-refractivity contribution in [3.8, 4) is 0 Å². The Morgan fingerprint density at radius 2 is 2.07 bits per heavy atom. The second-order valence-electron chi connectivity index (χ2n) is 3.00. The lowest BCUT2D eigenvalue weighted by Gasteiger charge is -2.05. The third kappa shape index (κ3) is 1.18. The normalized spacial score (nSPS) is 14.2. The van der Waals surface area contributed by atoms with E-state index < -0.39 is 11.7 Å². The second kappa shape index (κ2) is 3.07. The Morgan fingerprint density at radius 3 is 2.71 bits per heavy atom. The van der Waals surface area contributed by atoms with Crippen LogP contribution < -0.4 is 5.32 Å². The van der Waals surface area contributed by atoms with Gasteiger partial charge in [0.05, 0.1) is 16.3 Å². The molecule has 0 aromatic heterocycles. The number of Topliss-reactive ketones (excluding diaryl/α,β-unsaturated/α-hetero) is 1. The van der Waals surface area contributed by atoms with Crippen molar-refractivity contribution in [3.05, 3.63) is 26.7 Å². The van der Waals surface area contributed by atoms with Gasteiger partial charge in [-0.05, 0) is 18.6 Å². The van der Waals surface area contributed by atoms with Gasteiger partial charge in [-0.25, -0.2) is 0 Å². The summed E-state index contributed by atoms with van der Waals surface area (Å²) in [7, 11) is 0. The van der Waals surface area contributed by atoms with Crippen LogP contribution in [0.4, 0.5) is 5.69 Å². The number of fused-ring (bicyclic) bond motifs is 1. The predicted octanol–water partition coefficient (Wildman–Crippen LogP) is 2.55. The summed E-state index contributed by atoms with van der Waals surface area (Å²) in [6.45, 7) is 1.76. The first-order chi connectivity index (χ1) is 6.52. The summed E-state index contributed by atoms with van der Waals surface area (Å²) in [5.74, 6) is -1.15. The van der Waals surface area contributed by atoms with E-state index in [4.69, 9.17) is 11.6 Å². The molecule has 0 saturated carbocycles. The van der Waals surface area contributed by atoms with Crippen LogP contribution in [-0.2, 0) is 4.79 Å².